The van der Waals surface area contributed by atoms with Gasteiger partial charge in [-0.25, -0.2) is 0 Å². The van der Waals surface area contributed by atoms with Gasteiger partial charge >= 0.3 is 0 Å². The van der Waals surface area contributed by atoms with Gasteiger partial charge in [-0.2, -0.15) is 0 Å². The molecule has 7 heteroatoms. The maximum Gasteiger partial charge on any atom is 0.253 e. The van der Waals surface area contributed by atoms with E-state index in [0.29, 0.717) is 18.0 Å². The minimum atomic E-state index is -0.0804. The summed E-state index contributed by atoms with van der Waals surface area (Å²) in [5.41, 5.74) is 8.27. The molecule has 0 aliphatic heterocycles. The summed E-state index contributed by atoms with van der Waals surface area (Å²) in [6.45, 7) is 0.620. The summed E-state index contributed by atoms with van der Waals surface area (Å²) < 4.78 is 5.17. The van der Waals surface area contributed by atoms with Gasteiger partial charge in [-0.1, -0.05) is 18.6 Å². The molecule has 1 amide bonds. The second-order valence-electron chi connectivity index (χ2n) is 6.20. The fraction of sp³-hybridized carbons (Fsp3) is 0.368. The van der Waals surface area contributed by atoms with Crippen LogP contribution in [0.3, 0.4) is 0 Å². The standard InChI is InChI=1S/C19H23N3O2.2ClH/c1-24-17-7-5-13(6-8-17)15-9-16(12-21-11-15)19(23)22-18-4-2-3-14(18)10-20;;/h5-9,11-12,14,18H,2-4,10,20H2,1H3,(H,22,23);2*1H. The Kier molecular flexibility index (Phi) is 8.85. The Balaban J connectivity index is 0.00000169. The van der Waals surface area contributed by atoms with E-state index in [1.54, 1.807) is 19.5 Å². The SMILES string of the molecule is COc1ccc(-c2cncc(C(=O)NC3CCCC3CN)c2)cc1.Cl.Cl. The predicted molar refractivity (Wildman–Crippen MR) is 108 cm³/mol. The molecule has 0 saturated heterocycles. The lowest BCUT2D eigenvalue weighted by Gasteiger charge is -2.19. The van der Waals surface area contributed by atoms with Gasteiger partial charge in [0.1, 0.15) is 5.75 Å². The molecule has 26 heavy (non-hydrogen) atoms. The molecule has 1 heterocycles. The van der Waals surface area contributed by atoms with Crippen LogP contribution in [0.1, 0.15) is 29.6 Å². The highest BCUT2D eigenvalue weighted by atomic mass is 35.5. The minimum absolute atomic E-state index is 0. The largest absolute Gasteiger partial charge is 0.497 e. The maximum absolute atomic E-state index is 12.5. The van der Waals surface area contributed by atoms with Crippen LogP contribution >= 0.6 is 24.8 Å². The van der Waals surface area contributed by atoms with Crippen molar-refractivity contribution in [3.8, 4) is 16.9 Å². The summed E-state index contributed by atoms with van der Waals surface area (Å²) in [6.07, 6.45) is 6.58. The number of carbonyl (C=O) groups excluding carboxylic acids is 1. The van der Waals surface area contributed by atoms with Gasteiger partial charge in [0.15, 0.2) is 0 Å². The first-order valence-electron chi connectivity index (χ1n) is 8.31. The Morgan fingerprint density at radius 3 is 2.58 bits per heavy atom. The number of aromatic nitrogens is 1. The van der Waals surface area contributed by atoms with Crippen molar-refractivity contribution in [1.29, 1.82) is 0 Å². The third-order valence-electron chi connectivity index (χ3n) is 4.70. The zero-order valence-corrected chi connectivity index (χ0v) is 16.3. The van der Waals surface area contributed by atoms with Gasteiger partial charge in [0.2, 0.25) is 0 Å². The molecule has 3 rings (SSSR count). The van der Waals surface area contributed by atoms with Crippen LogP contribution in [0.2, 0.25) is 0 Å². The number of nitrogens with one attached hydrogen (secondary N) is 1. The molecular formula is C19H25Cl2N3O2. The van der Waals surface area contributed by atoms with E-state index in [1.165, 1.54) is 0 Å². The normalized spacial score (nSPS) is 18.4. The lowest BCUT2D eigenvalue weighted by molar-refractivity contribution is 0.0928. The van der Waals surface area contributed by atoms with Crippen molar-refractivity contribution in [2.45, 2.75) is 25.3 Å². The Morgan fingerprint density at radius 2 is 1.92 bits per heavy atom. The monoisotopic (exact) mass is 397 g/mol. The van der Waals surface area contributed by atoms with Gasteiger partial charge in [0, 0.05) is 24.0 Å². The molecule has 0 radical (unpaired) electrons. The summed E-state index contributed by atoms with van der Waals surface area (Å²) in [7, 11) is 1.64. The van der Waals surface area contributed by atoms with Crippen molar-refractivity contribution in [3.05, 3.63) is 48.3 Å². The molecule has 1 aromatic carbocycles. The quantitative estimate of drug-likeness (QED) is 0.809. The van der Waals surface area contributed by atoms with E-state index in [-0.39, 0.29) is 36.8 Å². The van der Waals surface area contributed by atoms with Crippen molar-refractivity contribution in [3.63, 3.8) is 0 Å². The lowest BCUT2D eigenvalue weighted by atomic mass is 10.0. The first-order valence-corrected chi connectivity index (χ1v) is 8.31. The highest BCUT2D eigenvalue weighted by molar-refractivity contribution is 5.95. The fourth-order valence-electron chi connectivity index (χ4n) is 3.27. The number of methoxy groups -OCH3 is 1. The van der Waals surface area contributed by atoms with E-state index < -0.39 is 0 Å². The van der Waals surface area contributed by atoms with Gasteiger partial charge in [0.05, 0.1) is 12.7 Å². The van der Waals surface area contributed by atoms with Gasteiger partial charge in [0.25, 0.3) is 5.91 Å². The van der Waals surface area contributed by atoms with Gasteiger partial charge in [-0.3, -0.25) is 9.78 Å². The number of pyridine rings is 1. The summed E-state index contributed by atoms with van der Waals surface area (Å²) >= 11 is 0. The third-order valence-corrected chi connectivity index (χ3v) is 4.70. The fourth-order valence-corrected chi connectivity index (χ4v) is 3.27. The van der Waals surface area contributed by atoms with Crippen LogP contribution in [-0.2, 0) is 0 Å². The van der Waals surface area contributed by atoms with Gasteiger partial charge in [-0.15, -0.1) is 24.8 Å². The van der Waals surface area contributed by atoms with Crippen molar-refractivity contribution in [1.82, 2.24) is 10.3 Å². The van der Waals surface area contributed by atoms with Crippen molar-refractivity contribution in [2.75, 3.05) is 13.7 Å². The highest BCUT2D eigenvalue weighted by Crippen LogP contribution is 2.26. The van der Waals surface area contributed by atoms with E-state index in [1.807, 2.05) is 30.3 Å². The maximum atomic E-state index is 12.5. The highest BCUT2D eigenvalue weighted by Gasteiger charge is 2.27. The molecule has 0 spiro atoms. The molecule has 142 valence electrons. The van der Waals surface area contributed by atoms with Crippen LogP contribution in [0.4, 0.5) is 0 Å². The van der Waals surface area contributed by atoms with Crippen LogP contribution in [-0.4, -0.2) is 30.6 Å². The van der Waals surface area contributed by atoms with Crippen LogP contribution in [0.5, 0.6) is 5.75 Å². The lowest BCUT2D eigenvalue weighted by Crippen LogP contribution is -2.39. The van der Waals surface area contributed by atoms with E-state index >= 15 is 0 Å². The van der Waals surface area contributed by atoms with E-state index in [9.17, 15) is 4.79 Å². The Bertz CT molecular complexity index is 710. The Labute approximate surface area is 166 Å². The topological polar surface area (TPSA) is 77.2 Å². The second-order valence-corrected chi connectivity index (χ2v) is 6.20. The van der Waals surface area contributed by atoms with Crippen molar-refractivity contribution in [2.24, 2.45) is 11.7 Å². The van der Waals surface area contributed by atoms with Gasteiger partial charge < -0.3 is 15.8 Å². The minimum Gasteiger partial charge on any atom is -0.497 e. The molecule has 1 aromatic heterocycles. The molecule has 0 bridgehead atoms. The number of nitrogens with zero attached hydrogens (tertiary/aromatic N) is 1. The van der Waals surface area contributed by atoms with E-state index in [4.69, 9.17) is 10.5 Å². The van der Waals surface area contributed by atoms with Crippen molar-refractivity contribution >= 4 is 30.7 Å². The average molecular weight is 398 g/mol. The molecule has 1 aliphatic rings. The number of halogens is 2. The zero-order valence-electron chi connectivity index (χ0n) is 14.7. The van der Waals surface area contributed by atoms with E-state index in [2.05, 4.69) is 10.3 Å². The molecule has 3 N–H and O–H groups in total. The molecular weight excluding hydrogens is 373 g/mol. The first kappa shape index (κ1) is 22.2. The van der Waals surface area contributed by atoms with Crippen LogP contribution in [0.25, 0.3) is 11.1 Å². The molecule has 2 atom stereocenters. The third kappa shape index (κ3) is 5.10. The zero-order chi connectivity index (χ0) is 16.9. The van der Waals surface area contributed by atoms with Crippen molar-refractivity contribution < 1.29 is 9.53 Å². The molecule has 1 aliphatic carbocycles. The Morgan fingerprint density at radius 1 is 1.19 bits per heavy atom. The molecule has 2 aromatic rings. The van der Waals surface area contributed by atoms with E-state index in [0.717, 1.165) is 36.1 Å². The van der Waals surface area contributed by atoms with Crippen LogP contribution < -0.4 is 15.8 Å². The first-order chi connectivity index (χ1) is 11.7. The summed E-state index contributed by atoms with van der Waals surface area (Å²) in [6, 6.07) is 9.75. The number of amides is 1. The summed E-state index contributed by atoms with van der Waals surface area (Å²) in [4.78, 5) is 16.8. The smallest absolute Gasteiger partial charge is 0.253 e. The number of carbonyl (C=O) groups is 1. The number of ether oxygens (including phenoxy) is 1. The second kappa shape index (κ2) is 10.4. The summed E-state index contributed by atoms with van der Waals surface area (Å²) in [5.74, 6) is 1.10. The van der Waals surface area contributed by atoms with Crippen LogP contribution in [0, 0.1) is 5.92 Å². The molecule has 5 nitrogen and oxygen atoms in total. The predicted octanol–water partition coefficient (Wildman–Crippen LogP) is 3.46. The van der Waals surface area contributed by atoms with Gasteiger partial charge in [-0.05, 0) is 49.1 Å². The number of rotatable bonds is 5. The summed E-state index contributed by atoms with van der Waals surface area (Å²) in [5, 5.41) is 3.11. The number of hydrogen-bond donors (Lipinski definition) is 2. The average Bonchev–Trinajstić information content (AvgIpc) is 3.09. The number of nitrogens with two attached hydrogens (primary N) is 1. The molecule has 2 unspecified atom stereocenters. The number of benzene rings is 1. The molecule has 1 fully saturated rings. The molecule has 1 saturated carbocycles. The van der Waals surface area contributed by atoms with Crippen LogP contribution in [0.15, 0.2) is 42.7 Å². The number of hydrogen-bond acceptors (Lipinski definition) is 4. The Hall–Kier alpha value is -1.82.